The molecule has 35 heavy (non-hydrogen) atoms. The SMILES string of the molecule is CCOc1ccc(N2C(=O)C[C@H](N3CCN(c4ccc(C(F)(F)F)cc4[N+](=O)[O-])CC3)C2=O)cc1. The van der Waals surface area contributed by atoms with Crippen LogP contribution in [0, 0.1) is 10.1 Å². The summed E-state index contributed by atoms with van der Waals surface area (Å²) >= 11 is 0. The van der Waals surface area contributed by atoms with Crippen LogP contribution in [0.25, 0.3) is 0 Å². The normalized spacial score (nSPS) is 19.4. The minimum atomic E-state index is -4.69. The maximum Gasteiger partial charge on any atom is 0.416 e. The Morgan fingerprint density at radius 1 is 1.06 bits per heavy atom. The smallest absolute Gasteiger partial charge is 0.416 e. The van der Waals surface area contributed by atoms with E-state index in [2.05, 4.69) is 0 Å². The third-order valence-electron chi connectivity index (χ3n) is 6.12. The van der Waals surface area contributed by atoms with Gasteiger partial charge in [-0.3, -0.25) is 24.6 Å². The van der Waals surface area contributed by atoms with Crippen molar-refractivity contribution in [2.24, 2.45) is 0 Å². The molecule has 4 rings (SSSR count). The number of nitrogens with zero attached hydrogens (tertiary/aromatic N) is 4. The van der Waals surface area contributed by atoms with Gasteiger partial charge in [-0.05, 0) is 43.3 Å². The molecule has 2 aliphatic rings. The Hall–Kier alpha value is -3.67. The molecule has 0 N–H and O–H groups in total. The van der Waals surface area contributed by atoms with E-state index in [1.807, 2.05) is 11.8 Å². The predicted molar refractivity (Wildman–Crippen MR) is 120 cm³/mol. The van der Waals surface area contributed by atoms with Crippen LogP contribution in [0.15, 0.2) is 42.5 Å². The molecule has 0 spiro atoms. The van der Waals surface area contributed by atoms with Crippen molar-refractivity contribution in [3.8, 4) is 5.75 Å². The van der Waals surface area contributed by atoms with Crippen LogP contribution in [-0.2, 0) is 15.8 Å². The number of nitro benzene ring substituents is 1. The molecule has 2 aromatic carbocycles. The van der Waals surface area contributed by atoms with Gasteiger partial charge < -0.3 is 9.64 Å². The van der Waals surface area contributed by atoms with Gasteiger partial charge in [-0.25, -0.2) is 4.90 Å². The largest absolute Gasteiger partial charge is 0.494 e. The minimum Gasteiger partial charge on any atom is -0.494 e. The fourth-order valence-electron chi connectivity index (χ4n) is 4.42. The average Bonchev–Trinajstić information content (AvgIpc) is 3.12. The van der Waals surface area contributed by atoms with Crippen LogP contribution < -0.4 is 14.5 Å². The highest BCUT2D eigenvalue weighted by atomic mass is 19.4. The van der Waals surface area contributed by atoms with E-state index in [0.29, 0.717) is 37.2 Å². The topological polar surface area (TPSA) is 96.2 Å². The Morgan fingerprint density at radius 2 is 1.71 bits per heavy atom. The minimum absolute atomic E-state index is 0.00642. The molecule has 0 saturated carbocycles. The standard InChI is InChI=1S/C23H23F3N4O5/c1-2-35-17-6-4-16(5-7-17)29-21(31)14-20(22(29)32)28-11-9-27(10-12-28)18-8-3-15(23(24,25)26)13-19(18)30(33)34/h3-8,13,20H,2,9-12,14H2,1H3/t20-/m0/s1. The first-order valence-corrected chi connectivity index (χ1v) is 11.0. The lowest BCUT2D eigenvalue weighted by atomic mass is 10.1. The zero-order chi connectivity index (χ0) is 25.3. The third kappa shape index (κ3) is 4.92. The number of nitro groups is 1. The molecule has 1 atom stereocenters. The van der Waals surface area contributed by atoms with Crippen molar-refractivity contribution in [2.75, 3.05) is 42.6 Å². The summed E-state index contributed by atoms with van der Waals surface area (Å²) in [5.74, 6) is -0.0570. The maximum absolute atomic E-state index is 13.1. The highest BCUT2D eigenvalue weighted by Gasteiger charge is 2.43. The monoisotopic (exact) mass is 492 g/mol. The first kappa shape index (κ1) is 24.5. The highest BCUT2D eigenvalue weighted by molar-refractivity contribution is 6.22. The summed E-state index contributed by atoms with van der Waals surface area (Å²) in [7, 11) is 0. The van der Waals surface area contributed by atoms with E-state index >= 15 is 0 Å². The first-order chi connectivity index (χ1) is 16.6. The fraction of sp³-hybridized carbons (Fsp3) is 0.391. The van der Waals surface area contributed by atoms with Crippen molar-refractivity contribution < 1.29 is 32.4 Å². The summed E-state index contributed by atoms with van der Waals surface area (Å²) in [4.78, 5) is 40.9. The van der Waals surface area contributed by atoms with Crippen LogP contribution >= 0.6 is 0 Å². The summed E-state index contributed by atoms with van der Waals surface area (Å²) in [6.45, 7) is 3.49. The lowest BCUT2D eigenvalue weighted by molar-refractivity contribution is -0.384. The van der Waals surface area contributed by atoms with E-state index in [9.17, 15) is 32.9 Å². The molecule has 12 heteroatoms. The van der Waals surface area contributed by atoms with Crippen LogP contribution in [0.1, 0.15) is 18.9 Å². The number of hydrogen-bond acceptors (Lipinski definition) is 7. The number of alkyl halides is 3. The van der Waals surface area contributed by atoms with Gasteiger partial charge in [0.05, 0.1) is 35.2 Å². The van der Waals surface area contributed by atoms with Crippen LogP contribution in [0.5, 0.6) is 5.75 Å². The summed E-state index contributed by atoms with van der Waals surface area (Å²) in [5, 5.41) is 11.4. The molecule has 0 bridgehead atoms. The fourth-order valence-corrected chi connectivity index (χ4v) is 4.42. The number of benzene rings is 2. The number of piperazine rings is 1. The molecule has 0 aliphatic carbocycles. The van der Waals surface area contributed by atoms with Crippen molar-refractivity contribution in [2.45, 2.75) is 25.6 Å². The van der Waals surface area contributed by atoms with Crippen molar-refractivity contribution >= 4 is 28.9 Å². The first-order valence-electron chi connectivity index (χ1n) is 11.0. The number of halogens is 3. The Labute approximate surface area is 198 Å². The Kier molecular flexibility index (Phi) is 6.66. The molecule has 0 radical (unpaired) electrons. The lowest BCUT2D eigenvalue weighted by Crippen LogP contribution is -2.52. The molecular weight excluding hydrogens is 469 g/mol. The van der Waals surface area contributed by atoms with Crippen molar-refractivity contribution in [1.82, 2.24) is 4.90 Å². The summed E-state index contributed by atoms with van der Waals surface area (Å²) in [6.07, 6.45) is -4.68. The molecule has 2 fully saturated rings. The zero-order valence-electron chi connectivity index (χ0n) is 18.8. The van der Waals surface area contributed by atoms with E-state index in [4.69, 9.17) is 4.74 Å². The number of rotatable bonds is 6. The van der Waals surface area contributed by atoms with E-state index in [0.717, 1.165) is 17.0 Å². The van der Waals surface area contributed by atoms with Gasteiger partial charge in [0.2, 0.25) is 5.91 Å². The van der Waals surface area contributed by atoms with Gasteiger partial charge in [-0.2, -0.15) is 13.2 Å². The highest BCUT2D eigenvalue weighted by Crippen LogP contribution is 2.37. The second-order valence-corrected chi connectivity index (χ2v) is 8.20. The molecule has 186 valence electrons. The van der Waals surface area contributed by atoms with Gasteiger partial charge in [0.15, 0.2) is 0 Å². The van der Waals surface area contributed by atoms with E-state index in [-0.39, 0.29) is 37.0 Å². The second-order valence-electron chi connectivity index (χ2n) is 8.20. The van der Waals surface area contributed by atoms with E-state index < -0.39 is 28.4 Å². The molecule has 9 nitrogen and oxygen atoms in total. The van der Waals surface area contributed by atoms with Crippen LogP contribution in [0.4, 0.5) is 30.2 Å². The number of imide groups is 1. The number of amides is 2. The number of carbonyl (C=O) groups excluding carboxylic acids is 2. The molecule has 2 aromatic rings. The Balaban J connectivity index is 1.45. The molecule has 2 saturated heterocycles. The van der Waals surface area contributed by atoms with Gasteiger partial charge in [0.1, 0.15) is 11.4 Å². The Morgan fingerprint density at radius 3 is 2.29 bits per heavy atom. The lowest BCUT2D eigenvalue weighted by Gasteiger charge is -2.37. The van der Waals surface area contributed by atoms with Gasteiger partial charge in [-0.1, -0.05) is 0 Å². The van der Waals surface area contributed by atoms with Crippen molar-refractivity contribution in [1.29, 1.82) is 0 Å². The quantitative estimate of drug-likeness (QED) is 0.346. The average molecular weight is 492 g/mol. The summed E-state index contributed by atoms with van der Waals surface area (Å²) in [6, 6.07) is 8.45. The molecule has 2 amide bonds. The number of carbonyl (C=O) groups is 2. The van der Waals surface area contributed by atoms with Crippen LogP contribution in [-0.4, -0.2) is 60.5 Å². The zero-order valence-corrected chi connectivity index (χ0v) is 18.8. The molecule has 0 aromatic heterocycles. The van der Waals surface area contributed by atoms with Crippen LogP contribution in [0.3, 0.4) is 0 Å². The van der Waals surface area contributed by atoms with Gasteiger partial charge in [-0.15, -0.1) is 0 Å². The van der Waals surface area contributed by atoms with Gasteiger partial charge >= 0.3 is 6.18 Å². The Bertz CT molecular complexity index is 1130. The van der Waals surface area contributed by atoms with Gasteiger partial charge in [0.25, 0.3) is 11.6 Å². The number of anilines is 2. The maximum atomic E-state index is 13.1. The summed E-state index contributed by atoms with van der Waals surface area (Å²) in [5.41, 5.74) is -1.17. The number of ether oxygens (including phenoxy) is 1. The molecule has 2 aliphatic heterocycles. The molecule has 0 unspecified atom stereocenters. The number of hydrogen-bond donors (Lipinski definition) is 0. The predicted octanol–water partition coefficient (Wildman–Crippen LogP) is 3.47. The molecular formula is C23H23F3N4O5. The second kappa shape index (κ2) is 9.53. The van der Waals surface area contributed by atoms with E-state index in [1.54, 1.807) is 29.2 Å². The van der Waals surface area contributed by atoms with Crippen molar-refractivity contribution in [3.05, 3.63) is 58.1 Å². The van der Waals surface area contributed by atoms with E-state index in [1.165, 1.54) is 0 Å². The van der Waals surface area contributed by atoms with Crippen LogP contribution in [0.2, 0.25) is 0 Å². The van der Waals surface area contributed by atoms with Crippen molar-refractivity contribution in [3.63, 3.8) is 0 Å². The third-order valence-corrected chi connectivity index (χ3v) is 6.12. The summed E-state index contributed by atoms with van der Waals surface area (Å²) < 4.78 is 44.4. The molecule has 2 heterocycles. The van der Waals surface area contributed by atoms with Gasteiger partial charge in [0, 0.05) is 32.2 Å².